The molecule has 0 radical (unpaired) electrons. The number of piperazine rings is 1. The Bertz CT molecular complexity index is 259. The second kappa shape index (κ2) is 3.69. The van der Waals surface area contributed by atoms with E-state index in [1.54, 1.807) is 13.8 Å². The van der Waals surface area contributed by atoms with Crippen LogP contribution in [-0.4, -0.2) is 35.3 Å². The van der Waals surface area contributed by atoms with Crippen molar-refractivity contribution in [1.82, 2.24) is 10.2 Å². The molecule has 0 aromatic carbocycles. The summed E-state index contributed by atoms with van der Waals surface area (Å²) < 4.78 is 0. The second-order valence-electron chi connectivity index (χ2n) is 4.68. The van der Waals surface area contributed by atoms with Crippen molar-refractivity contribution in [3.8, 4) is 0 Å². The topological polar surface area (TPSA) is 49.4 Å². The highest BCUT2D eigenvalue weighted by atomic mass is 16.2. The molecule has 1 rings (SSSR count). The van der Waals surface area contributed by atoms with Gasteiger partial charge in [-0.25, -0.2) is 0 Å². The fourth-order valence-corrected chi connectivity index (χ4v) is 1.47. The molecular formula is C10H18N2O2. The molecule has 80 valence electrons. The number of hydrogen-bond donors (Lipinski definition) is 1. The summed E-state index contributed by atoms with van der Waals surface area (Å²) in [6.45, 7) is 8.36. The molecule has 0 bridgehead atoms. The van der Waals surface area contributed by atoms with Crippen LogP contribution in [0.3, 0.4) is 0 Å². The first-order valence-electron chi connectivity index (χ1n) is 4.94. The predicted molar refractivity (Wildman–Crippen MR) is 53.6 cm³/mol. The molecule has 0 spiro atoms. The van der Waals surface area contributed by atoms with Crippen molar-refractivity contribution in [3.05, 3.63) is 0 Å². The molecule has 4 heteroatoms. The van der Waals surface area contributed by atoms with E-state index >= 15 is 0 Å². The quantitative estimate of drug-likeness (QED) is 0.653. The molecule has 0 aromatic rings. The van der Waals surface area contributed by atoms with E-state index in [9.17, 15) is 9.59 Å². The van der Waals surface area contributed by atoms with E-state index in [1.807, 2.05) is 13.8 Å². The van der Waals surface area contributed by atoms with Gasteiger partial charge >= 0.3 is 0 Å². The third-order valence-corrected chi connectivity index (χ3v) is 2.31. The Morgan fingerprint density at radius 2 is 2.00 bits per heavy atom. The van der Waals surface area contributed by atoms with Gasteiger partial charge in [-0.3, -0.25) is 19.8 Å². The van der Waals surface area contributed by atoms with Gasteiger partial charge in [-0.1, -0.05) is 13.8 Å². The molecular weight excluding hydrogens is 180 g/mol. The molecule has 4 nitrogen and oxygen atoms in total. The summed E-state index contributed by atoms with van der Waals surface area (Å²) in [6.07, 6.45) is 0. The zero-order valence-corrected chi connectivity index (χ0v) is 9.26. The first-order valence-corrected chi connectivity index (χ1v) is 4.94. The summed E-state index contributed by atoms with van der Waals surface area (Å²) in [5.74, 6) is 0.0716. The van der Waals surface area contributed by atoms with Crippen LogP contribution in [0.25, 0.3) is 0 Å². The Kier molecular flexibility index (Phi) is 2.95. The molecule has 0 aromatic heterocycles. The van der Waals surface area contributed by atoms with Crippen LogP contribution in [0.5, 0.6) is 0 Å². The summed E-state index contributed by atoms with van der Waals surface area (Å²) in [4.78, 5) is 24.7. The summed E-state index contributed by atoms with van der Waals surface area (Å²) >= 11 is 0. The molecule has 1 heterocycles. The van der Waals surface area contributed by atoms with Crippen LogP contribution in [0.4, 0.5) is 0 Å². The van der Waals surface area contributed by atoms with Crippen LogP contribution >= 0.6 is 0 Å². The molecule has 1 aliphatic rings. The minimum atomic E-state index is -0.608. The number of rotatable bonds is 2. The standard InChI is InChI=1S/C10H18N2O2/c1-7(2)6-12-8(13)5-11-10(3,4)9(12)14/h7,11H,5-6H2,1-4H3. The minimum absolute atomic E-state index is 0.122. The Hall–Kier alpha value is -0.900. The average Bonchev–Trinajstić information content (AvgIpc) is 2.06. The Morgan fingerprint density at radius 3 is 2.50 bits per heavy atom. The maximum Gasteiger partial charge on any atom is 0.248 e. The maximum absolute atomic E-state index is 11.8. The number of carbonyl (C=O) groups excluding carboxylic acids is 2. The van der Waals surface area contributed by atoms with E-state index in [-0.39, 0.29) is 18.4 Å². The number of amides is 2. The largest absolute Gasteiger partial charge is 0.295 e. The Morgan fingerprint density at radius 1 is 1.43 bits per heavy atom. The number of nitrogens with one attached hydrogen (secondary N) is 1. The molecule has 0 atom stereocenters. The van der Waals surface area contributed by atoms with Crippen LogP contribution in [0.2, 0.25) is 0 Å². The van der Waals surface area contributed by atoms with Crippen molar-refractivity contribution in [2.75, 3.05) is 13.1 Å². The normalized spacial score (nSPS) is 21.9. The van der Waals surface area contributed by atoms with Gasteiger partial charge in [0.25, 0.3) is 0 Å². The van der Waals surface area contributed by atoms with Gasteiger partial charge in [-0.05, 0) is 19.8 Å². The molecule has 0 saturated carbocycles. The summed E-state index contributed by atoms with van der Waals surface area (Å²) in [5, 5.41) is 2.92. The average molecular weight is 198 g/mol. The van der Waals surface area contributed by atoms with Gasteiger partial charge in [-0.15, -0.1) is 0 Å². The molecule has 1 N–H and O–H groups in total. The van der Waals surface area contributed by atoms with E-state index < -0.39 is 5.54 Å². The molecule has 2 amide bonds. The molecule has 14 heavy (non-hydrogen) atoms. The molecule has 1 aliphatic heterocycles. The van der Waals surface area contributed by atoms with Crippen molar-refractivity contribution in [2.24, 2.45) is 5.92 Å². The van der Waals surface area contributed by atoms with E-state index in [0.29, 0.717) is 12.5 Å². The first-order chi connectivity index (χ1) is 6.34. The SMILES string of the molecule is CC(C)CN1C(=O)CNC(C)(C)C1=O. The van der Waals surface area contributed by atoms with Gasteiger partial charge in [0.2, 0.25) is 11.8 Å². The summed E-state index contributed by atoms with van der Waals surface area (Å²) in [7, 11) is 0. The van der Waals surface area contributed by atoms with E-state index in [4.69, 9.17) is 0 Å². The van der Waals surface area contributed by atoms with Crippen molar-refractivity contribution in [2.45, 2.75) is 33.2 Å². The highest BCUT2D eigenvalue weighted by Crippen LogP contribution is 2.14. The van der Waals surface area contributed by atoms with Gasteiger partial charge in [0.05, 0.1) is 12.1 Å². The van der Waals surface area contributed by atoms with Crippen LogP contribution in [0.1, 0.15) is 27.7 Å². The third-order valence-electron chi connectivity index (χ3n) is 2.31. The van der Waals surface area contributed by atoms with Crippen LogP contribution < -0.4 is 5.32 Å². The van der Waals surface area contributed by atoms with Gasteiger partial charge in [-0.2, -0.15) is 0 Å². The van der Waals surface area contributed by atoms with Crippen LogP contribution in [-0.2, 0) is 9.59 Å². The smallest absolute Gasteiger partial charge is 0.248 e. The number of hydrogen-bond acceptors (Lipinski definition) is 3. The van der Waals surface area contributed by atoms with Gasteiger partial charge in [0.15, 0.2) is 0 Å². The van der Waals surface area contributed by atoms with Gasteiger partial charge in [0, 0.05) is 6.54 Å². The lowest BCUT2D eigenvalue weighted by atomic mass is 9.99. The molecule has 0 unspecified atom stereocenters. The monoisotopic (exact) mass is 198 g/mol. The number of nitrogens with zero attached hydrogens (tertiary/aromatic N) is 1. The van der Waals surface area contributed by atoms with Crippen molar-refractivity contribution < 1.29 is 9.59 Å². The zero-order valence-electron chi connectivity index (χ0n) is 9.26. The maximum atomic E-state index is 11.8. The molecule has 1 saturated heterocycles. The van der Waals surface area contributed by atoms with E-state index in [2.05, 4.69) is 5.32 Å². The lowest BCUT2D eigenvalue weighted by Gasteiger charge is -2.37. The van der Waals surface area contributed by atoms with Crippen molar-refractivity contribution >= 4 is 11.8 Å². The van der Waals surface area contributed by atoms with Crippen LogP contribution in [0.15, 0.2) is 0 Å². The Labute approximate surface area is 84.7 Å². The lowest BCUT2D eigenvalue weighted by molar-refractivity contribution is -0.153. The van der Waals surface area contributed by atoms with Gasteiger partial charge in [0.1, 0.15) is 0 Å². The predicted octanol–water partition coefficient (Wildman–Crippen LogP) is 0.379. The van der Waals surface area contributed by atoms with Crippen molar-refractivity contribution in [3.63, 3.8) is 0 Å². The first kappa shape index (κ1) is 11.2. The number of carbonyl (C=O) groups is 2. The molecule has 0 aliphatic carbocycles. The molecule has 1 fully saturated rings. The van der Waals surface area contributed by atoms with E-state index in [1.165, 1.54) is 4.90 Å². The minimum Gasteiger partial charge on any atom is -0.295 e. The fourth-order valence-electron chi connectivity index (χ4n) is 1.47. The summed E-state index contributed by atoms with van der Waals surface area (Å²) in [6, 6.07) is 0. The fraction of sp³-hybridized carbons (Fsp3) is 0.800. The second-order valence-corrected chi connectivity index (χ2v) is 4.68. The number of imide groups is 1. The third kappa shape index (κ3) is 2.12. The Balaban J connectivity index is 2.79. The lowest BCUT2D eigenvalue weighted by Crippen LogP contribution is -2.64. The van der Waals surface area contributed by atoms with Gasteiger partial charge < -0.3 is 0 Å². The van der Waals surface area contributed by atoms with Crippen molar-refractivity contribution in [1.29, 1.82) is 0 Å². The summed E-state index contributed by atoms with van der Waals surface area (Å²) in [5.41, 5.74) is -0.608. The highest BCUT2D eigenvalue weighted by molar-refractivity contribution is 6.03. The highest BCUT2D eigenvalue weighted by Gasteiger charge is 2.39. The van der Waals surface area contributed by atoms with E-state index in [0.717, 1.165) is 0 Å². The van der Waals surface area contributed by atoms with Crippen LogP contribution in [0, 0.1) is 5.92 Å². The zero-order chi connectivity index (χ0) is 10.9.